The van der Waals surface area contributed by atoms with Crippen LogP contribution in [0.2, 0.25) is 0 Å². The van der Waals surface area contributed by atoms with Crippen molar-refractivity contribution in [1.82, 2.24) is 20.2 Å². The molecule has 6 nitrogen and oxygen atoms in total. The van der Waals surface area contributed by atoms with Gasteiger partial charge in [0.15, 0.2) is 0 Å². The molecule has 2 rings (SSSR count). The van der Waals surface area contributed by atoms with E-state index in [4.69, 9.17) is 5.73 Å². The molecule has 0 aliphatic rings. The number of thiophene rings is 1. The van der Waals surface area contributed by atoms with Gasteiger partial charge in [0.05, 0.1) is 18.5 Å². The number of nitrogen functional groups attached to an aromatic ring is 1. The van der Waals surface area contributed by atoms with E-state index in [0.717, 1.165) is 23.2 Å². The Labute approximate surface area is 122 Å². The Kier molecular flexibility index (Phi) is 4.86. The fourth-order valence-corrected chi connectivity index (χ4v) is 2.80. The summed E-state index contributed by atoms with van der Waals surface area (Å²) in [6.45, 7) is 3.77. The van der Waals surface area contributed by atoms with E-state index in [1.54, 1.807) is 18.4 Å². The van der Waals surface area contributed by atoms with Crippen LogP contribution in [-0.4, -0.2) is 40.9 Å². The lowest BCUT2D eigenvalue weighted by Crippen LogP contribution is -2.36. The van der Waals surface area contributed by atoms with E-state index < -0.39 is 0 Å². The van der Waals surface area contributed by atoms with Crippen LogP contribution in [0.3, 0.4) is 0 Å². The second-order valence-electron chi connectivity index (χ2n) is 4.55. The lowest BCUT2D eigenvalue weighted by atomic mass is 10.3. The number of anilines is 1. The molecule has 0 saturated heterocycles. The fourth-order valence-electron chi connectivity index (χ4n) is 2.01. The Bertz CT molecular complexity index is 597. The first kappa shape index (κ1) is 14.7. The van der Waals surface area contributed by atoms with Crippen molar-refractivity contribution in [3.63, 3.8) is 0 Å². The Morgan fingerprint density at radius 1 is 1.50 bits per heavy atom. The number of carbonyl (C=O) groups is 1. The van der Waals surface area contributed by atoms with Gasteiger partial charge in [0.2, 0.25) is 5.91 Å². The number of aromatic nitrogens is 2. The standard InChI is InChI=1S/C13H19N5OS/c1-3-5-18(8-11(19)15-2)7-10-16-12(14)9-4-6-20-13(9)17-10/h4,6H,3,5,7-8H2,1-2H3,(H,15,19)(H2,14,16,17). The Balaban J connectivity index is 2.16. The Morgan fingerprint density at radius 3 is 3.00 bits per heavy atom. The maximum absolute atomic E-state index is 11.5. The molecular formula is C13H19N5OS. The zero-order valence-corrected chi connectivity index (χ0v) is 12.5. The highest BCUT2D eigenvalue weighted by molar-refractivity contribution is 7.16. The van der Waals surface area contributed by atoms with Gasteiger partial charge in [0.1, 0.15) is 16.5 Å². The monoisotopic (exact) mass is 293 g/mol. The van der Waals surface area contributed by atoms with E-state index in [-0.39, 0.29) is 5.91 Å². The normalized spacial score (nSPS) is 11.2. The maximum atomic E-state index is 11.5. The molecule has 0 saturated carbocycles. The summed E-state index contributed by atoms with van der Waals surface area (Å²) >= 11 is 1.55. The molecule has 2 aromatic rings. The van der Waals surface area contributed by atoms with Crippen LogP contribution in [0.1, 0.15) is 19.2 Å². The number of nitrogens with one attached hydrogen (secondary N) is 1. The summed E-state index contributed by atoms with van der Waals surface area (Å²) in [5, 5.41) is 5.48. The van der Waals surface area contributed by atoms with Crippen molar-refractivity contribution in [3.8, 4) is 0 Å². The van der Waals surface area contributed by atoms with Crippen molar-refractivity contribution >= 4 is 33.3 Å². The molecule has 20 heavy (non-hydrogen) atoms. The summed E-state index contributed by atoms with van der Waals surface area (Å²) in [6.07, 6.45) is 0.966. The average Bonchev–Trinajstić information content (AvgIpc) is 2.87. The van der Waals surface area contributed by atoms with Crippen molar-refractivity contribution in [2.75, 3.05) is 25.9 Å². The van der Waals surface area contributed by atoms with Crippen LogP contribution in [0.5, 0.6) is 0 Å². The van der Waals surface area contributed by atoms with Crippen LogP contribution in [-0.2, 0) is 11.3 Å². The van der Waals surface area contributed by atoms with Crippen molar-refractivity contribution < 1.29 is 4.79 Å². The van der Waals surface area contributed by atoms with Gasteiger partial charge in [-0.05, 0) is 24.4 Å². The third-order valence-electron chi connectivity index (χ3n) is 2.95. The third kappa shape index (κ3) is 3.43. The number of hydrogen-bond donors (Lipinski definition) is 2. The predicted molar refractivity (Wildman–Crippen MR) is 81.5 cm³/mol. The number of likely N-dealkylation sites (N-methyl/N-ethyl adjacent to an activating group) is 1. The van der Waals surface area contributed by atoms with Crippen molar-refractivity contribution in [3.05, 3.63) is 17.3 Å². The highest BCUT2D eigenvalue weighted by Gasteiger charge is 2.13. The molecule has 0 fully saturated rings. The van der Waals surface area contributed by atoms with Gasteiger partial charge in [0.25, 0.3) is 0 Å². The molecule has 0 atom stereocenters. The van der Waals surface area contributed by atoms with E-state index in [1.807, 2.05) is 16.3 Å². The molecule has 0 aliphatic heterocycles. The van der Waals surface area contributed by atoms with Gasteiger partial charge >= 0.3 is 0 Å². The van der Waals surface area contributed by atoms with Crippen LogP contribution in [0.25, 0.3) is 10.2 Å². The second-order valence-corrected chi connectivity index (χ2v) is 5.44. The van der Waals surface area contributed by atoms with Crippen LogP contribution in [0.15, 0.2) is 11.4 Å². The molecule has 0 radical (unpaired) electrons. The number of fused-ring (bicyclic) bond motifs is 1. The summed E-state index contributed by atoms with van der Waals surface area (Å²) < 4.78 is 0. The highest BCUT2D eigenvalue weighted by atomic mass is 32.1. The summed E-state index contributed by atoms with van der Waals surface area (Å²) in [4.78, 5) is 23.3. The first-order valence-corrected chi connectivity index (χ1v) is 7.44. The van der Waals surface area contributed by atoms with E-state index in [9.17, 15) is 4.79 Å². The van der Waals surface area contributed by atoms with Crippen molar-refractivity contribution in [2.24, 2.45) is 0 Å². The minimum absolute atomic E-state index is 0.0105. The van der Waals surface area contributed by atoms with Gasteiger partial charge in [-0.3, -0.25) is 9.69 Å². The van der Waals surface area contributed by atoms with E-state index in [0.29, 0.717) is 24.7 Å². The largest absolute Gasteiger partial charge is 0.383 e. The molecule has 2 aromatic heterocycles. The van der Waals surface area contributed by atoms with Gasteiger partial charge in [-0.25, -0.2) is 9.97 Å². The first-order chi connectivity index (χ1) is 9.63. The quantitative estimate of drug-likeness (QED) is 0.837. The number of hydrogen-bond acceptors (Lipinski definition) is 6. The summed E-state index contributed by atoms with van der Waals surface area (Å²) in [5.74, 6) is 1.15. The van der Waals surface area contributed by atoms with Gasteiger partial charge in [-0.2, -0.15) is 0 Å². The molecular weight excluding hydrogens is 274 g/mol. The molecule has 0 bridgehead atoms. The molecule has 108 valence electrons. The Morgan fingerprint density at radius 2 is 2.30 bits per heavy atom. The highest BCUT2D eigenvalue weighted by Crippen LogP contribution is 2.23. The second kappa shape index (κ2) is 6.62. The number of rotatable bonds is 6. The minimum Gasteiger partial charge on any atom is -0.383 e. The van der Waals surface area contributed by atoms with Crippen LogP contribution < -0.4 is 11.1 Å². The van der Waals surface area contributed by atoms with Crippen molar-refractivity contribution in [1.29, 1.82) is 0 Å². The SMILES string of the molecule is CCCN(CC(=O)NC)Cc1nc(N)c2ccsc2n1. The molecule has 1 amide bonds. The van der Waals surface area contributed by atoms with Gasteiger partial charge < -0.3 is 11.1 Å². The summed E-state index contributed by atoms with van der Waals surface area (Å²) in [7, 11) is 1.64. The zero-order chi connectivity index (χ0) is 14.5. The lowest BCUT2D eigenvalue weighted by molar-refractivity contribution is -0.121. The molecule has 3 N–H and O–H groups in total. The molecule has 0 unspecified atom stereocenters. The Hall–Kier alpha value is -1.73. The summed E-state index contributed by atoms with van der Waals surface area (Å²) in [6, 6.07) is 1.92. The zero-order valence-electron chi connectivity index (χ0n) is 11.7. The predicted octanol–water partition coefficient (Wildman–Crippen LogP) is 1.23. The molecule has 2 heterocycles. The first-order valence-electron chi connectivity index (χ1n) is 6.56. The van der Waals surface area contributed by atoms with E-state index >= 15 is 0 Å². The van der Waals surface area contributed by atoms with Crippen LogP contribution in [0, 0.1) is 0 Å². The van der Waals surface area contributed by atoms with E-state index in [2.05, 4.69) is 22.2 Å². The number of nitrogens with zero attached hydrogens (tertiary/aromatic N) is 3. The topological polar surface area (TPSA) is 84.1 Å². The molecule has 0 aromatic carbocycles. The third-order valence-corrected chi connectivity index (χ3v) is 3.76. The number of carbonyl (C=O) groups excluding carboxylic acids is 1. The fraction of sp³-hybridized carbons (Fsp3) is 0.462. The summed E-state index contributed by atoms with van der Waals surface area (Å²) in [5.41, 5.74) is 5.94. The lowest BCUT2D eigenvalue weighted by Gasteiger charge is -2.19. The smallest absolute Gasteiger partial charge is 0.233 e. The minimum atomic E-state index is -0.0105. The number of nitrogens with two attached hydrogens (primary N) is 1. The van der Waals surface area contributed by atoms with E-state index in [1.165, 1.54) is 0 Å². The maximum Gasteiger partial charge on any atom is 0.233 e. The number of amides is 1. The van der Waals surface area contributed by atoms with Gasteiger partial charge in [-0.15, -0.1) is 11.3 Å². The van der Waals surface area contributed by atoms with Crippen LogP contribution in [0.4, 0.5) is 5.82 Å². The van der Waals surface area contributed by atoms with Gasteiger partial charge in [-0.1, -0.05) is 6.92 Å². The molecule has 0 aliphatic carbocycles. The van der Waals surface area contributed by atoms with Crippen LogP contribution >= 0.6 is 11.3 Å². The average molecular weight is 293 g/mol. The van der Waals surface area contributed by atoms with Crippen molar-refractivity contribution in [2.45, 2.75) is 19.9 Å². The molecule has 0 spiro atoms. The van der Waals surface area contributed by atoms with Gasteiger partial charge in [0, 0.05) is 7.05 Å². The molecule has 7 heteroatoms.